The first-order valence-electron chi connectivity index (χ1n) is 4.93. The first-order chi connectivity index (χ1) is 7.16. The van der Waals surface area contributed by atoms with E-state index in [1.54, 1.807) is 12.1 Å². The number of nitrogens with two attached hydrogens (primary N) is 1. The van der Waals surface area contributed by atoms with E-state index >= 15 is 0 Å². The third-order valence-electron chi connectivity index (χ3n) is 2.56. The molecule has 0 radical (unpaired) electrons. The van der Waals surface area contributed by atoms with Crippen molar-refractivity contribution in [3.8, 4) is 5.75 Å². The molecule has 15 heavy (non-hydrogen) atoms. The molecule has 2 rings (SSSR count). The van der Waals surface area contributed by atoms with Crippen molar-refractivity contribution in [2.45, 2.75) is 25.4 Å². The van der Waals surface area contributed by atoms with E-state index < -0.39 is 5.82 Å². The van der Waals surface area contributed by atoms with E-state index in [2.05, 4.69) is 0 Å². The lowest BCUT2D eigenvalue weighted by Crippen LogP contribution is -2.25. The van der Waals surface area contributed by atoms with Gasteiger partial charge >= 0.3 is 0 Å². The first-order valence-corrected chi connectivity index (χ1v) is 5.33. The summed E-state index contributed by atoms with van der Waals surface area (Å²) >= 11 is 4.76. The largest absolute Gasteiger partial charge is 0.487 e. The number of thiocarbonyl (C=S) groups is 1. The quantitative estimate of drug-likeness (QED) is 0.802. The number of ether oxygens (including phenoxy) is 1. The second-order valence-corrected chi connectivity index (χ2v) is 4.12. The maximum absolute atomic E-state index is 13.5. The Bertz CT molecular complexity index is 390. The van der Waals surface area contributed by atoms with Gasteiger partial charge in [0.2, 0.25) is 0 Å². The van der Waals surface area contributed by atoms with Crippen LogP contribution in [0.3, 0.4) is 0 Å². The van der Waals surface area contributed by atoms with Gasteiger partial charge in [-0.2, -0.15) is 0 Å². The average molecular weight is 225 g/mol. The molecule has 4 heteroatoms. The Morgan fingerprint density at radius 2 is 2.20 bits per heavy atom. The smallest absolute Gasteiger partial charge is 0.165 e. The van der Waals surface area contributed by atoms with E-state index in [4.69, 9.17) is 22.7 Å². The van der Waals surface area contributed by atoms with E-state index in [0.717, 1.165) is 19.3 Å². The van der Waals surface area contributed by atoms with Crippen molar-refractivity contribution in [3.05, 3.63) is 29.6 Å². The van der Waals surface area contributed by atoms with Gasteiger partial charge in [-0.1, -0.05) is 12.2 Å². The van der Waals surface area contributed by atoms with Gasteiger partial charge in [0.25, 0.3) is 0 Å². The molecule has 1 aliphatic rings. The van der Waals surface area contributed by atoms with Gasteiger partial charge in [0.15, 0.2) is 11.6 Å². The summed E-state index contributed by atoms with van der Waals surface area (Å²) in [7, 11) is 0. The molecule has 0 spiro atoms. The Morgan fingerprint density at radius 1 is 1.47 bits per heavy atom. The Labute approximate surface area is 93.2 Å². The maximum Gasteiger partial charge on any atom is 0.165 e. The first kappa shape index (κ1) is 10.4. The monoisotopic (exact) mass is 225 g/mol. The van der Waals surface area contributed by atoms with Crippen molar-refractivity contribution < 1.29 is 9.13 Å². The molecule has 80 valence electrons. The van der Waals surface area contributed by atoms with Gasteiger partial charge < -0.3 is 10.5 Å². The molecule has 0 aliphatic heterocycles. The number of hydrogen-bond acceptors (Lipinski definition) is 2. The fraction of sp³-hybridized carbons (Fsp3) is 0.364. The lowest BCUT2D eigenvalue weighted by Gasteiger charge is -2.26. The Balaban J connectivity index is 2.14. The number of rotatable bonds is 3. The summed E-state index contributed by atoms with van der Waals surface area (Å²) in [6, 6.07) is 4.58. The van der Waals surface area contributed by atoms with E-state index in [9.17, 15) is 4.39 Å². The standard InChI is InChI=1S/C11H12FNOS/c12-9-6-7(11(13)15)4-5-10(9)14-8-2-1-3-8/h4-6,8H,1-3H2,(H2,13,15). The number of hydrogen-bond donors (Lipinski definition) is 1. The highest BCUT2D eigenvalue weighted by molar-refractivity contribution is 7.80. The topological polar surface area (TPSA) is 35.2 Å². The molecule has 2 nitrogen and oxygen atoms in total. The van der Waals surface area contributed by atoms with Crippen LogP contribution in [0.25, 0.3) is 0 Å². The Hall–Kier alpha value is -1.16. The SMILES string of the molecule is NC(=S)c1ccc(OC2CCC2)c(F)c1. The van der Waals surface area contributed by atoms with Crippen LogP contribution in [0.5, 0.6) is 5.75 Å². The van der Waals surface area contributed by atoms with Crippen molar-refractivity contribution in [2.75, 3.05) is 0 Å². The minimum absolute atomic E-state index is 0.176. The molecule has 1 aliphatic carbocycles. The van der Waals surface area contributed by atoms with Crippen molar-refractivity contribution in [1.29, 1.82) is 0 Å². The third-order valence-corrected chi connectivity index (χ3v) is 2.80. The maximum atomic E-state index is 13.5. The molecule has 0 bridgehead atoms. The molecule has 0 amide bonds. The van der Waals surface area contributed by atoms with Gasteiger partial charge in [0.1, 0.15) is 4.99 Å². The van der Waals surface area contributed by atoms with Gasteiger partial charge in [-0.25, -0.2) is 4.39 Å². The van der Waals surface area contributed by atoms with Crippen LogP contribution >= 0.6 is 12.2 Å². The van der Waals surface area contributed by atoms with Crippen LogP contribution in [0.15, 0.2) is 18.2 Å². The van der Waals surface area contributed by atoms with Gasteiger partial charge in [-0.3, -0.25) is 0 Å². The summed E-state index contributed by atoms with van der Waals surface area (Å²) < 4.78 is 18.9. The molecule has 1 aromatic carbocycles. The fourth-order valence-corrected chi connectivity index (χ4v) is 1.54. The molecular weight excluding hydrogens is 213 g/mol. The number of benzene rings is 1. The highest BCUT2D eigenvalue weighted by atomic mass is 32.1. The van der Waals surface area contributed by atoms with E-state index in [1.807, 2.05) is 0 Å². The Kier molecular flexibility index (Phi) is 2.86. The zero-order chi connectivity index (χ0) is 10.8. The van der Waals surface area contributed by atoms with E-state index in [1.165, 1.54) is 6.07 Å². The van der Waals surface area contributed by atoms with Crippen LogP contribution in [0.1, 0.15) is 24.8 Å². The summed E-state index contributed by atoms with van der Waals surface area (Å²) in [5.41, 5.74) is 5.93. The minimum Gasteiger partial charge on any atom is -0.487 e. The van der Waals surface area contributed by atoms with E-state index in [-0.39, 0.29) is 11.1 Å². The van der Waals surface area contributed by atoms with Gasteiger partial charge in [-0.05, 0) is 37.5 Å². The van der Waals surface area contributed by atoms with E-state index in [0.29, 0.717) is 11.3 Å². The molecule has 0 unspecified atom stereocenters. The molecule has 0 aromatic heterocycles. The predicted molar refractivity (Wildman–Crippen MR) is 60.6 cm³/mol. The molecule has 1 aromatic rings. The molecule has 2 N–H and O–H groups in total. The molecular formula is C11H12FNOS. The lowest BCUT2D eigenvalue weighted by molar-refractivity contribution is 0.115. The molecule has 0 atom stereocenters. The normalized spacial score (nSPS) is 15.8. The summed E-state index contributed by atoms with van der Waals surface area (Å²) in [4.78, 5) is 0.198. The lowest BCUT2D eigenvalue weighted by atomic mass is 9.96. The molecule has 0 saturated heterocycles. The van der Waals surface area contributed by atoms with Crippen molar-refractivity contribution >= 4 is 17.2 Å². The van der Waals surface area contributed by atoms with Crippen LogP contribution in [-0.4, -0.2) is 11.1 Å². The van der Waals surface area contributed by atoms with Crippen molar-refractivity contribution in [2.24, 2.45) is 5.73 Å². The van der Waals surface area contributed by atoms with Gasteiger partial charge in [-0.15, -0.1) is 0 Å². The molecule has 1 fully saturated rings. The van der Waals surface area contributed by atoms with Crippen molar-refractivity contribution in [3.63, 3.8) is 0 Å². The second-order valence-electron chi connectivity index (χ2n) is 3.68. The van der Waals surface area contributed by atoms with Crippen LogP contribution in [-0.2, 0) is 0 Å². The van der Waals surface area contributed by atoms with Crippen LogP contribution < -0.4 is 10.5 Å². The second kappa shape index (κ2) is 4.14. The average Bonchev–Trinajstić information content (AvgIpc) is 2.12. The minimum atomic E-state index is -0.396. The zero-order valence-corrected chi connectivity index (χ0v) is 9.02. The third kappa shape index (κ3) is 2.26. The summed E-state index contributed by atoms with van der Waals surface area (Å²) in [6.07, 6.45) is 3.36. The summed E-state index contributed by atoms with van der Waals surface area (Å²) in [6.45, 7) is 0. The predicted octanol–water partition coefficient (Wildman–Crippen LogP) is 2.39. The van der Waals surface area contributed by atoms with Crippen LogP contribution in [0, 0.1) is 5.82 Å². The highest BCUT2D eigenvalue weighted by Gasteiger charge is 2.20. The zero-order valence-electron chi connectivity index (χ0n) is 8.20. The van der Waals surface area contributed by atoms with Gasteiger partial charge in [0.05, 0.1) is 6.10 Å². The van der Waals surface area contributed by atoms with Crippen LogP contribution in [0.4, 0.5) is 4.39 Å². The molecule has 1 saturated carbocycles. The summed E-state index contributed by atoms with van der Waals surface area (Å²) in [5, 5.41) is 0. The van der Waals surface area contributed by atoms with Crippen molar-refractivity contribution in [1.82, 2.24) is 0 Å². The summed E-state index contributed by atoms with van der Waals surface area (Å²) in [5.74, 6) is -0.105. The fourth-order valence-electron chi connectivity index (χ4n) is 1.42. The Morgan fingerprint density at radius 3 is 2.67 bits per heavy atom. The van der Waals surface area contributed by atoms with Crippen LogP contribution in [0.2, 0.25) is 0 Å². The molecule has 0 heterocycles. The number of halogens is 1. The van der Waals surface area contributed by atoms with Gasteiger partial charge in [0, 0.05) is 5.56 Å². The highest BCUT2D eigenvalue weighted by Crippen LogP contribution is 2.27.